The number of benzene rings is 7. The largest absolute Gasteiger partial charge is 0.308 e. The highest BCUT2D eigenvalue weighted by Crippen LogP contribution is 2.51. The van der Waals surface area contributed by atoms with E-state index < -0.39 is 0 Å². The van der Waals surface area contributed by atoms with E-state index in [1.165, 1.54) is 68.3 Å². The summed E-state index contributed by atoms with van der Waals surface area (Å²) in [4.78, 5) is 2.52. The molecule has 2 heterocycles. The number of anilines is 3. The summed E-state index contributed by atoms with van der Waals surface area (Å²) in [6, 6.07) is 59.7. The van der Waals surface area contributed by atoms with Gasteiger partial charge in [0.2, 0.25) is 0 Å². The topological polar surface area (TPSA) is 3.24 Å². The van der Waals surface area contributed by atoms with Crippen LogP contribution in [0.4, 0.5) is 17.1 Å². The Morgan fingerprint density at radius 1 is 0.378 bits per heavy atom. The van der Waals surface area contributed by atoms with Crippen LogP contribution in [0.5, 0.6) is 0 Å². The second-order valence-corrected chi connectivity index (χ2v) is 13.4. The van der Waals surface area contributed by atoms with E-state index in [0.29, 0.717) is 0 Å². The van der Waals surface area contributed by atoms with Gasteiger partial charge in [0, 0.05) is 52.5 Å². The molecule has 0 aliphatic heterocycles. The van der Waals surface area contributed by atoms with Gasteiger partial charge in [-0.2, -0.15) is 0 Å². The maximum Gasteiger partial charge on any atom is 0.0718 e. The van der Waals surface area contributed by atoms with Crippen LogP contribution in [0.3, 0.4) is 0 Å². The Hall–Kier alpha value is -5.22. The molecule has 0 unspecified atom stereocenters. The Morgan fingerprint density at radius 2 is 0.956 bits per heavy atom. The Morgan fingerprint density at radius 3 is 1.71 bits per heavy atom. The van der Waals surface area contributed by atoms with Crippen LogP contribution in [0, 0.1) is 0 Å². The highest BCUT2D eigenvalue weighted by molar-refractivity contribution is 7.26. The fourth-order valence-electron chi connectivity index (χ4n) is 6.62. The van der Waals surface area contributed by atoms with E-state index in [4.69, 9.17) is 0 Å². The molecule has 3 heteroatoms. The van der Waals surface area contributed by atoms with Crippen molar-refractivity contribution in [3.63, 3.8) is 0 Å². The first-order chi connectivity index (χ1) is 22.3. The molecule has 9 aromatic rings. The highest BCUT2D eigenvalue weighted by atomic mass is 32.1. The molecular weight excluding hydrogens is 583 g/mol. The van der Waals surface area contributed by atoms with Crippen LogP contribution in [0.1, 0.15) is 0 Å². The number of hydrogen-bond donors (Lipinski definition) is 0. The van der Waals surface area contributed by atoms with E-state index >= 15 is 0 Å². The van der Waals surface area contributed by atoms with Gasteiger partial charge in [-0.1, -0.05) is 127 Å². The van der Waals surface area contributed by atoms with E-state index in [2.05, 4.69) is 169 Å². The van der Waals surface area contributed by atoms with Gasteiger partial charge < -0.3 is 4.90 Å². The van der Waals surface area contributed by atoms with Gasteiger partial charge in [0.05, 0.1) is 16.1 Å². The molecule has 0 fully saturated rings. The van der Waals surface area contributed by atoms with Gasteiger partial charge in [-0.25, -0.2) is 0 Å². The summed E-state index contributed by atoms with van der Waals surface area (Å²) in [5, 5.41) is 5.18. The lowest BCUT2D eigenvalue weighted by Gasteiger charge is -2.30. The zero-order chi connectivity index (χ0) is 29.7. The number of hydrogen-bond acceptors (Lipinski definition) is 3. The first kappa shape index (κ1) is 26.2. The SMILES string of the molecule is c1ccc(-c2ccccc2N(c2ccc3sc4ccccc4c3c2)c2c(-c3ccccc3)ccc3c2sc2ccccc23)cc1. The third-order valence-corrected chi connectivity index (χ3v) is 11.0. The molecule has 7 aromatic carbocycles. The monoisotopic (exact) mass is 609 g/mol. The van der Waals surface area contributed by atoms with Gasteiger partial charge >= 0.3 is 0 Å². The van der Waals surface area contributed by atoms with Gasteiger partial charge in [-0.15, -0.1) is 22.7 Å². The van der Waals surface area contributed by atoms with E-state index in [1.807, 2.05) is 22.7 Å². The lowest BCUT2D eigenvalue weighted by Crippen LogP contribution is -2.12. The molecule has 0 saturated heterocycles. The second kappa shape index (κ2) is 10.7. The van der Waals surface area contributed by atoms with Crippen molar-refractivity contribution in [1.29, 1.82) is 0 Å². The van der Waals surface area contributed by atoms with Gasteiger partial charge in [-0.3, -0.25) is 0 Å². The van der Waals surface area contributed by atoms with Crippen molar-refractivity contribution in [1.82, 2.24) is 0 Å². The number of thiophene rings is 2. The van der Waals surface area contributed by atoms with Gasteiger partial charge in [0.1, 0.15) is 0 Å². The standard InChI is InChI=1S/C42H27NS2/c1-3-13-28(14-4-1)31-17-7-10-20-37(31)43(30-23-26-40-36(27-30)34-19-9-11-21-38(34)44-40)41-32(29-15-5-2-6-16-29)24-25-35-33-18-8-12-22-39(33)45-42(35)41/h1-27H. The van der Waals surface area contributed by atoms with Gasteiger partial charge in [-0.05, 0) is 47.5 Å². The molecule has 0 aliphatic rings. The number of nitrogens with zero attached hydrogens (tertiary/aromatic N) is 1. The Bertz CT molecular complexity index is 2490. The molecular formula is C42H27NS2. The lowest BCUT2D eigenvalue weighted by atomic mass is 9.97. The summed E-state index contributed by atoms with van der Waals surface area (Å²) in [7, 11) is 0. The first-order valence-corrected chi connectivity index (χ1v) is 16.8. The first-order valence-electron chi connectivity index (χ1n) is 15.2. The van der Waals surface area contributed by atoms with Crippen molar-refractivity contribution < 1.29 is 0 Å². The van der Waals surface area contributed by atoms with Crippen LogP contribution < -0.4 is 4.90 Å². The van der Waals surface area contributed by atoms with Crippen molar-refractivity contribution in [2.75, 3.05) is 4.90 Å². The summed E-state index contributed by atoms with van der Waals surface area (Å²) in [5.74, 6) is 0. The quantitative estimate of drug-likeness (QED) is 0.188. The van der Waals surface area contributed by atoms with Crippen LogP contribution in [0.15, 0.2) is 164 Å². The zero-order valence-corrected chi connectivity index (χ0v) is 26.0. The third kappa shape index (κ3) is 4.35. The molecule has 0 amide bonds. The fourth-order valence-corrected chi connectivity index (χ4v) is 8.95. The predicted octanol–water partition coefficient (Wildman–Crippen LogP) is 13.2. The molecule has 0 radical (unpaired) electrons. The van der Waals surface area contributed by atoms with Crippen molar-refractivity contribution in [2.45, 2.75) is 0 Å². The van der Waals surface area contributed by atoms with Crippen LogP contribution in [0.2, 0.25) is 0 Å². The zero-order valence-electron chi connectivity index (χ0n) is 24.4. The van der Waals surface area contributed by atoms with Gasteiger partial charge in [0.25, 0.3) is 0 Å². The van der Waals surface area contributed by atoms with Crippen LogP contribution >= 0.6 is 22.7 Å². The molecule has 0 N–H and O–H groups in total. The normalized spacial score (nSPS) is 11.6. The third-order valence-electron chi connectivity index (χ3n) is 8.68. The summed E-state index contributed by atoms with van der Waals surface area (Å²) in [5.41, 5.74) is 8.34. The summed E-state index contributed by atoms with van der Waals surface area (Å²) >= 11 is 3.75. The van der Waals surface area contributed by atoms with Crippen LogP contribution in [-0.4, -0.2) is 0 Å². The maximum absolute atomic E-state index is 2.52. The number of rotatable bonds is 5. The minimum atomic E-state index is 1.15. The van der Waals surface area contributed by atoms with Crippen LogP contribution in [0.25, 0.3) is 62.6 Å². The minimum absolute atomic E-state index is 1.15. The smallest absolute Gasteiger partial charge is 0.0718 e. The molecule has 2 aromatic heterocycles. The minimum Gasteiger partial charge on any atom is -0.308 e. The van der Waals surface area contributed by atoms with Crippen molar-refractivity contribution in [3.8, 4) is 22.3 Å². The van der Waals surface area contributed by atoms with E-state index in [9.17, 15) is 0 Å². The van der Waals surface area contributed by atoms with Crippen molar-refractivity contribution in [2.24, 2.45) is 0 Å². The molecule has 0 atom stereocenters. The van der Waals surface area contributed by atoms with Crippen LogP contribution in [-0.2, 0) is 0 Å². The molecule has 9 rings (SSSR count). The maximum atomic E-state index is 2.52. The Labute approximate surface area is 269 Å². The van der Waals surface area contributed by atoms with E-state index in [0.717, 1.165) is 11.4 Å². The van der Waals surface area contributed by atoms with E-state index in [1.54, 1.807) is 0 Å². The fraction of sp³-hybridized carbons (Fsp3) is 0. The Balaban J connectivity index is 1.43. The van der Waals surface area contributed by atoms with E-state index in [-0.39, 0.29) is 0 Å². The predicted molar refractivity (Wildman–Crippen MR) is 198 cm³/mol. The Kier molecular flexibility index (Phi) is 6.26. The summed E-state index contributed by atoms with van der Waals surface area (Å²) in [6.07, 6.45) is 0. The van der Waals surface area contributed by atoms with Crippen molar-refractivity contribution in [3.05, 3.63) is 164 Å². The molecule has 45 heavy (non-hydrogen) atoms. The molecule has 0 bridgehead atoms. The summed E-state index contributed by atoms with van der Waals surface area (Å²) in [6.45, 7) is 0. The average molecular weight is 610 g/mol. The average Bonchev–Trinajstić information content (AvgIpc) is 3.68. The highest BCUT2D eigenvalue weighted by Gasteiger charge is 2.25. The molecule has 212 valence electrons. The second-order valence-electron chi connectivity index (χ2n) is 11.3. The molecule has 0 saturated carbocycles. The van der Waals surface area contributed by atoms with Gasteiger partial charge in [0.15, 0.2) is 0 Å². The summed E-state index contributed by atoms with van der Waals surface area (Å²) < 4.78 is 5.21. The molecule has 1 nitrogen and oxygen atoms in total. The number of para-hydroxylation sites is 1. The van der Waals surface area contributed by atoms with Crippen molar-refractivity contribution >= 4 is 80.1 Å². The molecule has 0 aliphatic carbocycles. The lowest BCUT2D eigenvalue weighted by molar-refractivity contribution is 1.31. The molecule has 0 spiro atoms. The number of fused-ring (bicyclic) bond motifs is 6.